The van der Waals surface area contributed by atoms with Gasteiger partial charge in [-0.05, 0) is 25.1 Å². The lowest BCUT2D eigenvalue weighted by molar-refractivity contribution is -0.122. The van der Waals surface area contributed by atoms with E-state index in [9.17, 15) is 18.6 Å². The molecule has 6 nitrogen and oxygen atoms in total. The molecule has 1 atom stereocenters. The molecule has 1 aromatic carbocycles. The molecule has 0 saturated heterocycles. The molecule has 1 N–H and O–H groups in total. The van der Waals surface area contributed by atoms with E-state index in [4.69, 9.17) is 0 Å². The number of amides is 2. The zero-order chi connectivity index (χ0) is 14.9. The van der Waals surface area contributed by atoms with Crippen LogP contribution >= 0.6 is 0 Å². The molecule has 1 aliphatic rings. The van der Waals surface area contributed by atoms with Crippen molar-refractivity contribution in [3.05, 3.63) is 23.8 Å². The Kier molecular flexibility index (Phi) is 3.99. The molecule has 0 bridgehead atoms. The molecule has 2 rings (SSSR count). The molecule has 2 amide bonds. The van der Waals surface area contributed by atoms with Crippen molar-refractivity contribution in [3.8, 4) is 0 Å². The molecule has 1 aliphatic heterocycles. The number of benzene rings is 1. The molecular weight excluding hydrogens is 280 g/mol. The summed E-state index contributed by atoms with van der Waals surface area (Å²) < 4.78 is 12.0. The van der Waals surface area contributed by atoms with Crippen molar-refractivity contribution in [2.45, 2.75) is 11.8 Å². The topological polar surface area (TPSA) is 83.6 Å². The first kappa shape index (κ1) is 14.4. The highest BCUT2D eigenvalue weighted by Gasteiger charge is 2.30. The van der Waals surface area contributed by atoms with Crippen molar-refractivity contribution in [1.82, 2.24) is 5.32 Å². The summed E-state index contributed by atoms with van der Waals surface area (Å²) in [4.78, 5) is 36.5. The molecule has 0 aromatic heterocycles. The zero-order valence-electron chi connectivity index (χ0n) is 11.1. The van der Waals surface area contributed by atoms with Gasteiger partial charge in [0.15, 0.2) is 5.78 Å². The van der Waals surface area contributed by atoms with Gasteiger partial charge in [0, 0.05) is 12.6 Å². The summed E-state index contributed by atoms with van der Waals surface area (Å²) in [6.07, 6.45) is 0. The van der Waals surface area contributed by atoms with Crippen molar-refractivity contribution >= 4 is 34.1 Å². The summed E-state index contributed by atoms with van der Waals surface area (Å²) in [6, 6.07) is 4.65. The Bertz CT molecular complexity index is 627. The average molecular weight is 294 g/mol. The van der Waals surface area contributed by atoms with Gasteiger partial charge in [-0.1, -0.05) is 0 Å². The average Bonchev–Trinajstić information content (AvgIpc) is 2.42. The summed E-state index contributed by atoms with van der Waals surface area (Å²) in [5.41, 5.74) is 0.861. The van der Waals surface area contributed by atoms with Crippen molar-refractivity contribution in [3.63, 3.8) is 0 Å². The van der Waals surface area contributed by atoms with Gasteiger partial charge in [-0.15, -0.1) is 0 Å². The van der Waals surface area contributed by atoms with E-state index in [1.54, 1.807) is 12.1 Å². The first-order valence-electron chi connectivity index (χ1n) is 5.98. The number of rotatable bonds is 3. The monoisotopic (exact) mass is 294 g/mol. The number of carbonyl (C=O) groups excluding carboxylic acids is 3. The first-order valence-corrected chi connectivity index (χ1v) is 7.30. The quantitative estimate of drug-likeness (QED) is 0.801. The largest absolute Gasteiger partial charge is 0.358 e. The number of nitrogens with zero attached hydrogens (tertiary/aromatic N) is 1. The molecule has 1 heterocycles. The minimum atomic E-state index is -1.48. The SMILES string of the molecule is CNC(=O)CN1C(=O)CS(=O)c2cc(C(C)=O)ccc21. The number of hydrogen-bond donors (Lipinski definition) is 1. The Morgan fingerprint density at radius 3 is 2.70 bits per heavy atom. The van der Waals surface area contributed by atoms with Crippen LogP contribution in [0.3, 0.4) is 0 Å². The van der Waals surface area contributed by atoms with E-state index in [0.29, 0.717) is 16.1 Å². The number of carbonyl (C=O) groups is 3. The number of likely N-dealkylation sites (N-methyl/N-ethyl adjacent to an activating group) is 1. The number of ketones is 1. The third-order valence-electron chi connectivity index (χ3n) is 3.04. The lowest BCUT2D eigenvalue weighted by atomic mass is 10.1. The smallest absolute Gasteiger partial charge is 0.240 e. The highest BCUT2D eigenvalue weighted by Crippen LogP contribution is 2.29. The predicted octanol–water partition coefficient (Wildman–Crippen LogP) is 0.0894. The van der Waals surface area contributed by atoms with Gasteiger partial charge >= 0.3 is 0 Å². The minimum absolute atomic E-state index is 0.126. The number of anilines is 1. The predicted molar refractivity (Wildman–Crippen MR) is 74.1 cm³/mol. The summed E-state index contributed by atoms with van der Waals surface area (Å²) in [6.45, 7) is 1.29. The molecule has 1 unspecified atom stereocenters. The molecule has 20 heavy (non-hydrogen) atoms. The van der Waals surface area contributed by atoms with E-state index >= 15 is 0 Å². The summed E-state index contributed by atoms with van der Waals surface area (Å²) in [7, 11) is -0.00384. The fourth-order valence-electron chi connectivity index (χ4n) is 1.94. The highest BCUT2D eigenvalue weighted by molar-refractivity contribution is 7.86. The summed E-state index contributed by atoms with van der Waals surface area (Å²) >= 11 is 0. The maximum Gasteiger partial charge on any atom is 0.240 e. The van der Waals surface area contributed by atoms with Crippen LogP contribution in [0.25, 0.3) is 0 Å². The van der Waals surface area contributed by atoms with Gasteiger partial charge in [0.2, 0.25) is 11.8 Å². The van der Waals surface area contributed by atoms with Gasteiger partial charge in [0.05, 0.1) is 21.4 Å². The second-order valence-corrected chi connectivity index (χ2v) is 5.80. The van der Waals surface area contributed by atoms with E-state index in [1.807, 2.05) is 0 Å². The maximum atomic E-state index is 12.0. The second kappa shape index (κ2) is 5.54. The second-order valence-electron chi connectivity index (χ2n) is 4.38. The Hall–Kier alpha value is -2.02. The maximum absolute atomic E-state index is 12.0. The fraction of sp³-hybridized carbons (Fsp3) is 0.308. The van der Waals surface area contributed by atoms with Gasteiger partial charge in [0.25, 0.3) is 0 Å². The number of hydrogen-bond acceptors (Lipinski definition) is 4. The normalized spacial score (nSPS) is 17.6. The lowest BCUT2D eigenvalue weighted by Gasteiger charge is -2.28. The fourth-order valence-corrected chi connectivity index (χ4v) is 3.14. The Labute approximate surface area is 118 Å². The Morgan fingerprint density at radius 2 is 2.10 bits per heavy atom. The van der Waals surface area contributed by atoms with Gasteiger partial charge in [-0.2, -0.15) is 0 Å². The van der Waals surface area contributed by atoms with Crippen molar-refractivity contribution < 1.29 is 18.6 Å². The van der Waals surface area contributed by atoms with Crippen molar-refractivity contribution in [2.75, 3.05) is 24.2 Å². The van der Waals surface area contributed by atoms with E-state index in [2.05, 4.69) is 5.32 Å². The lowest BCUT2D eigenvalue weighted by Crippen LogP contribution is -2.44. The van der Waals surface area contributed by atoms with Gasteiger partial charge in [-0.3, -0.25) is 18.6 Å². The van der Waals surface area contributed by atoms with Crippen molar-refractivity contribution in [2.24, 2.45) is 0 Å². The van der Waals surface area contributed by atoms with Gasteiger partial charge in [0.1, 0.15) is 12.3 Å². The van der Waals surface area contributed by atoms with E-state index in [1.165, 1.54) is 24.9 Å². The summed E-state index contributed by atoms with van der Waals surface area (Å²) in [5.74, 6) is -0.993. The number of Topliss-reactive ketones (excluding diaryl/α,β-unsaturated/α-hetero) is 1. The van der Waals surface area contributed by atoms with Crippen LogP contribution in [-0.4, -0.2) is 41.2 Å². The molecular formula is C13H14N2O4S. The number of fused-ring (bicyclic) bond motifs is 1. The van der Waals surface area contributed by atoms with Crippen LogP contribution in [-0.2, 0) is 20.4 Å². The third kappa shape index (κ3) is 2.62. The van der Waals surface area contributed by atoms with E-state index in [0.717, 1.165) is 0 Å². The molecule has 0 fully saturated rings. The molecule has 0 saturated carbocycles. The molecule has 0 aliphatic carbocycles. The van der Waals surface area contributed by atoms with Crippen LogP contribution in [0.5, 0.6) is 0 Å². The van der Waals surface area contributed by atoms with E-state index in [-0.39, 0.29) is 29.9 Å². The van der Waals surface area contributed by atoms with Crippen LogP contribution < -0.4 is 10.2 Å². The summed E-state index contributed by atoms with van der Waals surface area (Å²) in [5, 5.41) is 2.44. The molecule has 7 heteroatoms. The number of nitrogens with one attached hydrogen (secondary N) is 1. The Morgan fingerprint density at radius 1 is 1.40 bits per heavy atom. The van der Waals surface area contributed by atoms with Crippen molar-refractivity contribution in [1.29, 1.82) is 0 Å². The van der Waals surface area contributed by atoms with E-state index < -0.39 is 10.8 Å². The molecule has 1 aromatic rings. The zero-order valence-corrected chi connectivity index (χ0v) is 12.0. The highest BCUT2D eigenvalue weighted by atomic mass is 32.2. The first-order chi connectivity index (χ1) is 9.43. The van der Waals surface area contributed by atoms with Crippen LogP contribution in [0.1, 0.15) is 17.3 Å². The minimum Gasteiger partial charge on any atom is -0.358 e. The van der Waals surface area contributed by atoms with Crippen LogP contribution in [0.2, 0.25) is 0 Å². The molecule has 0 radical (unpaired) electrons. The van der Waals surface area contributed by atoms with Gasteiger partial charge < -0.3 is 10.2 Å². The van der Waals surface area contributed by atoms with Crippen LogP contribution in [0.15, 0.2) is 23.1 Å². The standard InChI is InChI=1S/C13H14N2O4S/c1-8(16)9-3-4-10-11(5-9)20(19)7-13(18)15(10)6-12(17)14-2/h3-5H,6-7H2,1-2H3,(H,14,17). The van der Waals surface area contributed by atoms with Gasteiger partial charge in [-0.25, -0.2) is 0 Å². The molecule has 106 valence electrons. The molecule has 0 spiro atoms. The third-order valence-corrected chi connectivity index (χ3v) is 4.37. The van der Waals surface area contributed by atoms with Crippen LogP contribution in [0.4, 0.5) is 5.69 Å². The van der Waals surface area contributed by atoms with Crippen LogP contribution in [0, 0.1) is 0 Å². The Balaban J connectivity index is 2.47.